The largest absolute Gasteiger partial charge is 0.340 e. The third-order valence-electron chi connectivity index (χ3n) is 2.02. The van der Waals surface area contributed by atoms with E-state index in [0.717, 1.165) is 6.07 Å². The fourth-order valence-corrected chi connectivity index (χ4v) is 2.27. The van der Waals surface area contributed by atoms with Gasteiger partial charge in [-0.1, -0.05) is 5.16 Å². The van der Waals surface area contributed by atoms with Crippen LogP contribution in [0.2, 0.25) is 0 Å². The van der Waals surface area contributed by atoms with Gasteiger partial charge in [0, 0.05) is 19.2 Å². The summed E-state index contributed by atoms with van der Waals surface area (Å²) in [6.07, 6.45) is 2.63. The highest BCUT2D eigenvalue weighted by Crippen LogP contribution is 2.09. The van der Waals surface area contributed by atoms with Crippen LogP contribution < -0.4 is 4.72 Å². The second kappa shape index (κ2) is 5.19. The van der Waals surface area contributed by atoms with Gasteiger partial charge >= 0.3 is 0 Å². The standard InChI is InChI=1S/C9H9FN4O3S/c10-7-2-1-4-11-9(7)18(15,16)14-5-3-8-12-6-13-17-8/h1-2,4,6,14H,3,5H2. The lowest BCUT2D eigenvalue weighted by Crippen LogP contribution is -2.27. The molecule has 0 aliphatic rings. The quantitative estimate of drug-likeness (QED) is 0.830. The van der Waals surface area contributed by atoms with Crippen molar-refractivity contribution in [3.05, 3.63) is 36.4 Å². The molecule has 96 valence electrons. The average molecular weight is 272 g/mol. The monoisotopic (exact) mass is 272 g/mol. The van der Waals surface area contributed by atoms with E-state index in [1.165, 1.54) is 18.6 Å². The zero-order valence-corrected chi connectivity index (χ0v) is 9.89. The molecule has 0 bridgehead atoms. The molecule has 0 saturated heterocycles. The number of pyridine rings is 1. The average Bonchev–Trinajstić information content (AvgIpc) is 2.82. The summed E-state index contributed by atoms with van der Waals surface area (Å²) in [5, 5.41) is 2.74. The normalized spacial score (nSPS) is 11.6. The molecule has 9 heteroatoms. The molecule has 2 rings (SSSR count). The number of sulfonamides is 1. The van der Waals surface area contributed by atoms with Crippen LogP contribution in [0.4, 0.5) is 4.39 Å². The van der Waals surface area contributed by atoms with Gasteiger partial charge in [-0.3, -0.25) is 0 Å². The van der Waals surface area contributed by atoms with Crippen LogP contribution in [-0.4, -0.2) is 30.1 Å². The Morgan fingerprint density at radius 1 is 1.39 bits per heavy atom. The summed E-state index contributed by atoms with van der Waals surface area (Å²) in [6, 6.07) is 2.34. The number of hydrogen-bond donors (Lipinski definition) is 1. The molecule has 0 aliphatic heterocycles. The summed E-state index contributed by atoms with van der Waals surface area (Å²) in [5.41, 5.74) is 0. The highest BCUT2D eigenvalue weighted by molar-refractivity contribution is 7.89. The van der Waals surface area contributed by atoms with Crippen molar-refractivity contribution >= 4 is 10.0 Å². The third kappa shape index (κ3) is 2.87. The summed E-state index contributed by atoms with van der Waals surface area (Å²) in [6.45, 7) is 0.0144. The topological polar surface area (TPSA) is 98.0 Å². The molecular weight excluding hydrogens is 263 g/mol. The highest BCUT2D eigenvalue weighted by Gasteiger charge is 2.19. The minimum Gasteiger partial charge on any atom is -0.340 e. The van der Waals surface area contributed by atoms with Gasteiger partial charge in [-0.05, 0) is 12.1 Å². The molecule has 0 unspecified atom stereocenters. The minimum atomic E-state index is -3.97. The summed E-state index contributed by atoms with van der Waals surface area (Å²) in [5.74, 6) is -0.609. The number of halogens is 1. The molecule has 0 saturated carbocycles. The summed E-state index contributed by atoms with van der Waals surface area (Å²) < 4.78 is 43.6. The Labute approximate surface area is 102 Å². The smallest absolute Gasteiger partial charge is 0.261 e. The van der Waals surface area contributed by atoms with Gasteiger partial charge in [-0.2, -0.15) is 4.98 Å². The number of nitrogens with one attached hydrogen (secondary N) is 1. The van der Waals surface area contributed by atoms with Gasteiger partial charge in [-0.25, -0.2) is 22.5 Å². The zero-order valence-electron chi connectivity index (χ0n) is 9.08. The van der Waals surface area contributed by atoms with Gasteiger partial charge in [0.25, 0.3) is 10.0 Å². The molecule has 2 heterocycles. The van der Waals surface area contributed by atoms with E-state index in [-0.39, 0.29) is 13.0 Å². The molecular formula is C9H9FN4O3S. The van der Waals surface area contributed by atoms with Crippen LogP contribution in [0.3, 0.4) is 0 Å². The van der Waals surface area contributed by atoms with Crippen molar-refractivity contribution in [2.24, 2.45) is 0 Å². The highest BCUT2D eigenvalue weighted by atomic mass is 32.2. The zero-order chi connectivity index (χ0) is 13.0. The van der Waals surface area contributed by atoms with E-state index in [0.29, 0.717) is 5.89 Å². The van der Waals surface area contributed by atoms with Crippen molar-refractivity contribution in [2.75, 3.05) is 6.54 Å². The van der Waals surface area contributed by atoms with Crippen molar-refractivity contribution in [3.63, 3.8) is 0 Å². The lowest BCUT2D eigenvalue weighted by atomic mass is 10.4. The first kappa shape index (κ1) is 12.6. The van der Waals surface area contributed by atoms with Crippen LogP contribution in [0, 0.1) is 5.82 Å². The molecule has 0 aliphatic carbocycles. The molecule has 2 aromatic rings. The second-order valence-electron chi connectivity index (χ2n) is 3.27. The molecule has 1 N–H and O–H groups in total. The Bertz CT molecular complexity index is 615. The number of rotatable bonds is 5. The molecule has 7 nitrogen and oxygen atoms in total. The third-order valence-corrected chi connectivity index (χ3v) is 3.41. The molecule has 0 amide bonds. The van der Waals surface area contributed by atoms with Gasteiger partial charge in [0.1, 0.15) is 0 Å². The van der Waals surface area contributed by atoms with Crippen LogP contribution in [0.15, 0.2) is 34.2 Å². The predicted octanol–water partition coefficient (Wildman–Crippen LogP) is 0.125. The van der Waals surface area contributed by atoms with Crippen LogP contribution >= 0.6 is 0 Å². The van der Waals surface area contributed by atoms with Crippen molar-refractivity contribution in [1.29, 1.82) is 0 Å². The van der Waals surface area contributed by atoms with Gasteiger partial charge < -0.3 is 4.52 Å². The van der Waals surface area contributed by atoms with E-state index in [9.17, 15) is 12.8 Å². The van der Waals surface area contributed by atoms with E-state index in [1.807, 2.05) is 0 Å². The molecule has 2 aromatic heterocycles. The maximum atomic E-state index is 13.3. The van der Waals surface area contributed by atoms with E-state index in [1.54, 1.807) is 0 Å². The molecule has 0 atom stereocenters. The van der Waals surface area contributed by atoms with Crippen molar-refractivity contribution < 1.29 is 17.3 Å². The number of aromatic nitrogens is 3. The van der Waals surface area contributed by atoms with Gasteiger partial charge in [0.2, 0.25) is 10.9 Å². The van der Waals surface area contributed by atoms with E-state index in [4.69, 9.17) is 4.52 Å². The van der Waals surface area contributed by atoms with Crippen LogP contribution in [0.1, 0.15) is 5.89 Å². The Hall–Kier alpha value is -1.87. The van der Waals surface area contributed by atoms with Gasteiger partial charge in [0.15, 0.2) is 12.1 Å². The Morgan fingerprint density at radius 2 is 2.22 bits per heavy atom. The summed E-state index contributed by atoms with van der Waals surface area (Å²) in [4.78, 5) is 7.21. The fourth-order valence-electron chi connectivity index (χ4n) is 1.24. The van der Waals surface area contributed by atoms with Gasteiger partial charge in [0.05, 0.1) is 0 Å². The van der Waals surface area contributed by atoms with E-state index in [2.05, 4.69) is 19.8 Å². The number of nitrogens with zero attached hydrogens (tertiary/aromatic N) is 3. The maximum Gasteiger partial charge on any atom is 0.261 e. The molecule has 0 fully saturated rings. The SMILES string of the molecule is O=S(=O)(NCCc1ncno1)c1ncccc1F. The van der Waals surface area contributed by atoms with E-state index >= 15 is 0 Å². The fraction of sp³-hybridized carbons (Fsp3) is 0.222. The summed E-state index contributed by atoms with van der Waals surface area (Å²) in [7, 11) is -3.97. The predicted molar refractivity (Wildman–Crippen MR) is 57.4 cm³/mol. The lowest BCUT2D eigenvalue weighted by molar-refractivity contribution is 0.377. The molecule has 0 aromatic carbocycles. The Morgan fingerprint density at radius 3 is 2.89 bits per heavy atom. The Kier molecular flexibility index (Phi) is 3.63. The van der Waals surface area contributed by atoms with Crippen LogP contribution in [0.25, 0.3) is 0 Å². The van der Waals surface area contributed by atoms with Gasteiger partial charge in [-0.15, -0.1) is 0 Å². The maximum absolute atomic E-state index is 13.3. The van der Waals surface area contributed by atoms with Crippen LogP contribution in [0.5, 0.6) is 0 Å². The molecule has 18 heavy (non-hydrogen) atoms. The van der Waals surface area contributed by atoms with Crippen molar-refractivity contribution in [2.45, 2.75) is 11.4 Å². The first-order valence-corrected chi connectivity index (χ1v) is 6.43. The lowest BCUT2D eigenvalue weighted by Gasteiger charge is -2.04. The second-order valence-corrected chi connectivity index (χ2v) is 4.96. The first-order chi connectivity index (χ1) is 8.59. The van der Waals surface area contributed by atoms with E-state index < -0.39 is 20.9 Å². The molecule has 0 radical (unpaired) electrons. The van der Waals surface area contributed by atoms with Crippen molar-refractivity contribution in [3.8, 4) is 0 Å². The summed E-state index contributed by atoms with van der Waals surface area (Å²) >= 11 is 0. The molecule has 0 spiro atoms. The van der Waals surface area contributed by atoms with Crippen molar-refractivity contribution in [1.82, 2.24) is 19.8 Å². The van der Waals surface area contributed by atoms with Crippen LogP contribution in [-0.2, 0) is 16.4 Å². The first-order valence-electron chi connectivity index (χ1n) is 4.95. The minimum absolute atomic E-state index is 0.0144. The number of hydrogen-bond acceptors (Lipinski definition) is 6. The Balaban J connectivity index is 2.02.